The molecule has 0 spiro atoms. The lowest BCUT2D eigenvalue weighted by Crippen LogP contribution is -2.45. The van der Waals surface area contributed by atoms with Crippen LogP contribution in [0.1, 0.15) is 25.3 Å². The zero-order valence-corrected chi connectivity index (χ0v) is 14.0. The van der Waals surface area contributed by atoms with Gasteiger partial charge in [-0.2, -0.15) is 5.10 Å². The molecular formula is C18H23N5O. The van der Waals surface area contributed by atoms with E-state index in [2.05, 4.69) is 34.0 Å². The standard InChI is InChI=1S/C18H23N5O/c1-14-9-15-5-2-3-7-17(15)23(14)18(24)11-21-8-4-6-16(21)10-22-13-19-12-20-22/h2-3,5,7,12-14,16H,4,6,8-11H2,1H3/t14-,16+/m0/s1. The van der Waals surface area contributed by atoms with Crippen LogP contribution in [-0.2, 0) is 17.8 Å². The van der Waals surface area contributed by atoms with Gasteiger partial charge in [-0.25, -0.2) is 4.98 Å². The van der Waals surface area contributed by atoms with E-state index in [0.717, 1.165) is 38.0 Å². The minimum absolute atomic E-state index is 0.206. The number of para-hydroxylation sites is 1. The number of nitrogens with zero attached hydrogens (tertiary/aromatic N) is 5. The van der Waals surface area contributed by atoms with Gasteiger partial charge in [-0.3, -0.25) is 14.4 Å². The maximum Gasteiger partial charge on any atom is 0.241 e. The topological polar surface area (TPSA) is 54.3 Å². The number of hydrogen-bond donors (Lipinski definition) is 0. The summed E-state index contributed by atoms with van der Waals surface area (Å²) in [6, 6.07) is 8.86. The number of carbonyl (C=O) groups excluding carboxylic acids is 1. The fourth-order valence-corrected chi connectivity index (χ4v) is 4.05. The minimum Gasteiger partial charge on any atom is -0.308 e. The normalized spacial score (nSPS) is 23.6. The Morgan fingerprint density at radius 3 is 3.04 bits per heavy atom. The Balaban J connectivity index is 1.45. The molecule has 24 heavy (non-hydrogen) atoms. The van der Waals surface area contributed by atoms with E-state index >= 15 is 0 Å². The number of hydrogen-bond acceptors (Lipinski definition) is 4. The van der Waals surface area contributed by atoms with Crippen LogP contribution in [0, 0.1) is 0 Å². The van der Waals surface area contributed by atoms with E-state index in [1.165, 1.54) is 5.56 Å². The molecule has 2 aliphatic rings. The molecule has 0 aliphatic carbocycles. The molecule has 126 valence electrons. The van der Waals surface area contributed by atoms with Crippen molar-refractivity contribution in [1.29, 1.82) is 0 Å². The number of likely N-dealkylation sites (tertiary alicyclic amines) is 1. The fourth-order valence-electron chi connectivity index (χ4n) is 4.05. The predicted molar refractivity (Wildman–Crippen MR) is 91.7 cm³/mol. The van der Waals surface area contributed by atoms with Crippen LogP contribution in [0.25, 0.3) is 0 Å². The van der Waals surface area contributed by atoms with Gasteiger partial charge < -0.3 is 4.90 Å². The summed E-state index contributed by atoms with van der Waals surface area (Å²) in [4.78, 5) is 21.3. The van der Waals surface area contributed by atoms with E-state index < -0.39 is 0 Å². The fraction of sp³-hybridized carbons (Fsp3) is 0.500. The van der Waals surface area contributed by atoms with Crippen LogP contribution in [0.15, 0.2) is 36.9 Å². The summed E-state index contributed by atoms with van der Waals surface area (Å²) in [5, 5.41) is 4.20. The molecular weight excluding hydrogens is 302 g/mol. The molecule has 3 heterocycles. The molecule has 6 heteroatoms. The predicted octanol–water partition coefficient (Wildman–Crippen LogP) is 1.72. The molecule has 2 atom stereocenters. The maximum atomic E-state index is 13.0. The van der Waals surface area contributed by atoms with Crippen molar-refractivity contribution in [1.82, 2.24) is 19.7 Å². The summed E-state index contributed by atoms with van der Waals surface area (Å²) < 4.78 is 1.86. The smallest absolute Gasteiger partial charge is 0.241 e. The number of carbonyl (C=O) groups is 1. The van der Waals surface area contributed by atoms with Crippen LogP contribution in [0.5, 0.6) is 0 Å². The highest BCUT2D eigenvalue weighted by molar-refractivity contribution is 5.97. The second-order valence-electron chi connectivity index (χ2n) is 6.83. The first kappa shape index (κ1) is 15.3. The molecule has 1 amide bonds. The molecule has 2 aromatic rings. The van der Waals surface area contributed by atoms with Crippen LogP contribution < -0.4 is 4.90 Å². The number of aromatic nitrogens is 3. The van der Waals surface area contributed by atoms with Gasteiger partial charge in [0.2, 0.25) is 5.91 Å². The van der Waals surface area contributed by atoms with Gasteiger partial charge in [0.05, 0.1) is 13.1 Å². The van der Waals surface area contributed by atoms with E-state index in [1.54, 1.807) is 12.7 Å². The van der Waals surface area contributed by atoms with Gasteiger partial charge in [0, 0.05) is 17.8 Å². The molecule has 1 fully saturated rings. The Labute approximate surface area is 142 Å². The Morgan fingerprint density at radius 2 is 2.21 bits per heavy atom. The zero-order valence-electron chi connectivity index (χ0n) is 14.0. The summed E-state index contributed by atoms with van der Waals surface area (Å²) in [6.45, 7) is 4.40. The number of rotatable bonds is 4. The molecule has 0 N–H and O–H groups in total. The lowest BCUT2D eigenvalue weighted by atomic mass is 10.1. The molecule has 0 radical (unpaired) electrons. The number of amides is 1. The Hall–Kier alpha value is -2.21. The van der Waals surface area contributed by atoms with Gasteiger partial charge in [-0.05, 0) is 44.4 Å². The second-order valence-corrected chi connectivity index (χ2v) is 6.83. The largest absolute Gasteiger partial charge is 0.308 e. The van der Waals surface area contributed by atoms with E-state index in [-0.39, 0.29) is 11.9 Å². The number of anilines is 1. The monoisotopic (exact) mass is 325 g/mol. The van der Waals surface area contributed by atoms with Gasteiger partial charge in [0.25, 0.3) is 0 Å². The van der Waals surface area contributed by atoms with Crippen molar-refractivity contribution in [3.63, 3.8) is 0 Å². The van der Waals surface area contributed by atoms with Gasteiger partial charge in [0.15, 0.2) is 0 Å². The third-order valence-electron chi connectivity index (χ3n) is 5.18. The van der Waals surface area contributed by atoms with Crippen LogP contribution in [0.3, 0.4) is 0 Å². The molecule has 0 bridgehead atoms. The molecule has 0 unspecified atom stereocenters. The van der Waals surface area contributed by atoms with Crippen molar-refractivity contribution in [2.75, 3.05) is 18.0 Å². The number of fused-ring (bicyclic) bond motifs is 1. The van der Waals surface area contributed by atoms with Crippen molar-refractivity contribution in [2.24, 2.45) is 0 Å². The number of benzene rings is 1. The van der Waals surface area contributed by atoms with Crippen LogP contribution in [0.2, 0.25) is 0 Å². The van der Waals surface area contributed by atoms with E-state index in [4.69, 9.17) is 0 Å². The first-order chi connectivity index (χ1) is 11.7. The zero-order chi connectivity index (χ0) is 16.5. The van der Waals surface area contributed by atoms with Crippen molar-refractivity contribution >= 4 is 11.6 Å². The molecule has 2 aliphatic heterocycles. The lowest BCUT2D eigenvalue weighted by Gasteiger charge is -2.28. The molecule has 1 saturated heterocycles. The van der Waals surface area contributed by atoms with Crippen LogP contribution in [-0.4, -0.2) is 50.7 Å². The summed E-state index contributed by atoms with van der Waals surface area (Å²) >= 11 is 0. The van der Waals surface area contributed by atoms with Crippen molar-refractivity contribution in [3.8, 4) is 0 Å². The average molecular weight is 325 g/mol. The highest BCUT2D eigenvalue weighted by Gasteiger charge is 2.34. The van der Waals surface area contributed by atoms with E-state index in [1.807, 2.05) is 21.7 Å². The quantitative estimate of drug-likeness (QED) is 0.859. The maximum absolute atomic E-state index is 13.0. The second kappa shape index (κ2) is 6.36. The third kappa shape index (κ3) is 2.82. The molecule has 6 nitrogen and oxygen atoms in total. The Bertz CT molecular complexity index is 714. The summed E-state index contributed by atoms with van der Waals surface area (Å²) in [7, 11) is 0. The van der Waals surface area contributed by atoms with Crippen molar-refractivity contribution in [3.05, 3.63) is 42.5 Å². The van der Waals surface area contributed by atoms with Crippen molar-refractivity contribution < 1.29 is 4.79 Å². The SMILES string of the molecule is C[C@H]1Cc2ccccc2N1C(=O)CN1CCC[C@@H]1Cn1cncn1. The van der Waals surface area contributed by atoms with Gasteiger partial charge in [-0.15, -0.1) is 0 Å². The molecule has 1 aromatic heterocycles. The highest BCUT2D eigenvalue weighted by Crippen LogP contribution is 2.32. The average Bonchev–Trinajstić information content (AvgIpc) is 3.28. The summed E-state index contributed by atoms with van der Waals surface area (Å²) in [5.74, 6) is 0.206. The lowest BCUT2D eigenvalue weighted by molar-refractivity contribution is -0.120. The molecule has 0 saturated carbocycles. The van der Waals surface area contributed by atoms with Gasteiger partial charge in [0.1, 0.15) is 12.7 Å². The molecule has 4 rings (SSSR count). The van der Waals surface area contributed by atoms with E-state index in [0.29, 0.717) is 12.6 Å². The summed E-state index contributed by atoms with van der Waals surface area (Å²) in [6.07, 6.45) is 6.51. The van der Waals surface area contributed by atoms with Crippen LogP contribution in [0.4, 0.5) is 5.69 Å². The first-order valence-corrected chi connectivity index (χ1v) is 8.69. The third-order valence-corrected chi connectivity index (χ3v) is 5.18. The Kier molecular flexibility index (Phi) is 4.06. The van der Waals surface area contributed by atoms with Gasteiger partial charge in [-0.1, -0.05) is 18.2 Å². The molecule has 1 aromatic carbocycles. The van der Waals surface area contributed by atoms with E-state index in [9.17, 15) is 4.79 Å². The summed E-state index contributed by atoms with van der Waals surface area (Å²) in [5.41, 5.74) is 2.36. The Morgan fingerprint density at radius 1 is 1.33 bits per heavy atom. The van der Waals surface area contributed by atoms with Gasteiger partial charge >= 0.3 is 0 Å². The minimum atomic E-state index is 0.206. The highest BCUT2D eigenvalue weighted by atomic mass is 16.2. The van der Waals surface area contributed by atoms with Crippen LogP contribution >= 0.6 is 0 Å². The first-order valence-electron chi connectivity index (χ1n) is 8.69. The van der Waals surface area contributed by atoms with Crippen molar-refractivity contribution in [2.45, 2.75) is 44.8 Å².